The maximum Gasteiger partial charge on any atom is 0.213 e. The molecule has 8 nitrogen and oxygen atoms in total. The molecule has 0 radical (unpaired) electrons. The van der Waals surface area contributed by atoms with E-state index < -0.39 is 10.0 Å². The van der Waals surface area contributed by atoms with Crippen molar-refractivity contribution in [2.24, 2.45) is 0 Å². The second-order valence-corrected chi connectivity index (χ2v) is 13.6. The number of ether oxygens (including phenoxy) is 1. The molecule has 10 heteroatoms. The first kappa shape index (κ1) is 30.1. The number of likely N-dealkylation sites (tertiary alicyclic amines) is 1. The van der Waals surface area contributed by atoms with Gasteiger partial charge in [-0.1, -0.05) is 18.2 Å². The van der Waals surface area contributed by atoms with Crippen molar-refractivity contribution >= 4 is 32.7 Å². The number of nitrogens with one attached hydrogen (secondary N) is 1. The van der Waals surface area contributed by atoms with Crippen molar-refractivity contribution in [3.05, 3.63) is 53.1 Å². The summed E-state index contributed by atoms with van der Waals surface area (Å²) < 4.78 is 34.3. The lowest BCUT2D eigenvalue weighted by molar-refractivity contribution is -0.122. The number of Topliss-reactive ketones (excluding diaryl/α,β-unsaturated/α-hetero) is 1. The van der Waals surface area contributed by atoms with Crippen LogP contribution >= 0.6 is 11.3 Å². The number of rotatable bonds is 10. The van der Waals surface area contributed by atoms with E-state index in [-0.39, 0.29) is 30.1 Å². The lowest BCUT2D eigenvalue weighted by Gasteiger charge is -2.25. The van der Waals surface area contributed by atoms with Crippen molar-refractivity contribution in [2.75, 3.05) is 25.4 Å². The third kappa shape index (κ3) is 8.83. The van der Waals surface area contributed by atoms with Crippen LogP contribution in [0.1, 0.15) is 62.8 Å². The summed E-state index contributed by atoms with van der Waals surface area (Å²) in [6.07, 6.45) is 12.8. The van der Waals surface area contributed by atoms with Gasteiger partial charge in [-0.15, -0.1) is 11.3 Å². The zero-order valence-corrected chi connectivity index (χ0v) is 24.9. The van der Waals surface area contributed by atoms with Crippen molar-refractivity contribution in [1.29, 1.82) is 5.26 Å². The Labute approximate surface area is 241 Å². The number of carbonyl (C=O) groups is 1. The summed E-state index contributed by atoms with van der Waals surface area (Å²) in [5.41, 5.74) is 2.99. The van der Waals surface area contributed by atoms with Gasteiger partial charge in [0.2, 0.25) is 10.0 Å². The first-order valence-corrected chi connectivity index (χ1v) is 16.4. The molecule has 2 aliphatic rings. The molecular weight excluding hydrogens is 544 g/mol. The van der Waals surface area contributed by atoms with Gasteiger partial charge in [0.05, 0.1) is 35.8 Å². The van der Waals surface area contributed by atoms with Gasteiger partial charge in [0, 0.05) is 36.3 Å². The number of nitrogens with zero attached hydrogens (tertiary/aromatic N) is 3. The van der Waals surface area contributed by atoms with E-state index in [0.29, 0.717) is 25.9 Å². The van der Waals surface area contributed by atoms with Crippen molar-refractivity contribution in [3.8, 4) is 22.4 Å². The minimum atomic E-state index is -3.44. The Morgan fingerprint density at radius 3 is 2.90 bits per heavy atom. The summed E-state index contributed by atoms with van der Waals surface area (Å²) in [5, 5.41) is 10.2. The second-order valence-electron chi connectivity index (χ2n) is 10.7. The van der Waals surface area contributed by atoms with Gasteiger partial charge in [-0.05, 0) is 76.3 Å². The van der Waals surface area contributed by atoms with E-state index in [9.17, 15) is 18.5 Å². The molecule has 2 heterocycles. The van der Waals surface area contributed by atoms with E-state index >= 15 is 0 Å². The zero-order chi connectivity index (χ0) is 28.5. The van der Waals surface area contributed by atoms with Gasteiger partial charge < -0.3 is 4.74 Å². The van der Waals surface area contributed by atoms with Crippen molar-refractivity contribution < 1.29 is 17.9 Å². The number of benzene rings is 1. The smallest absolute Gasteiger partial charge is 0.213 e. The molecule has 4 rings (SSSR count). The lowest BCUT2D eigenvalue weighted by atomic mass is 10.0. The summed E-state index contributed by atoms with van der Waals surface area (Å²) in [6, 6.07) is 7.96. The number of nitriles is 1. The molecule has 214 valence electrons. The molecule has 0 saturated carbocycles. The zero-order valence-electron chi connectivity index (χ0n) is 23.3. The maximum atomic E-state index is 12.8. The highest BCUT2D eigenvalue weighted by molar-refractivity contribution is 7.89. The SMILES string of the molecule is CC(C)Oc1ccc(-c2ncc(/C3=C/C=C\CC(NS(=O)(=O)CCN4CCCC(=O)C4)CCC3)s2)cc1CC#N. The highest BCUT2D eigenvalue weighted by atomic mass is 32.2. The normalized spacial score (nSPS) is 21.1. The van der Waals surface area contributed by atoms with Crippen LogP contribution in [0.3, 0.4) is 0 Å². The van der Waals surface area contributed by atoms with Crippen LogP contribution in [-0.2, 0) is 21.2 Å². The predicted molar refractivity (Wildman–Crippen MR) is 160 cm³/mol. The van der Waals surface area contributed by atoms with Gasteiger partial charge in [0.25, 0.3) is 0 Å². The third-order valence-electron chi connectivity index (χ3n) is 6.97. The second kappa shape index (κ2) is 14.2. The van der Waals surface area contributed by atoms with Crippen LogP contribution in [0.25, 0.3) is 16.1 Å². The van der Waals surface area contributed by atoms with E-state index in [1.807, 2.05) is 55.3 Å². The fourth-order valence-electron chi connectivity index (χ4n) is 5.00. The van der Waals surface area contributed by atoms with Gasteiger partial charge in [-0.2, -0.15) is 5.26 Å². The average Bonchev–Trinajstić information content (AvgIpc) is 3.42. The first-order chi connectivity index (χ1) is 19.2. The van der Waals surface area contributed by atoms with E-state index in [1.54, 1.807) is 11.3 Å². The summed E-state index contributed by atoms with van der Waals surface area (Å²) in [7, 11) is -3.44. The first-order valence-electron chi connectivity index (χ1n) is 14.0. The Morgan fingerprint density at radius 1 is 1.27 bits per heavy atom. The molecule has 1 atom stereocenters. The van der Waals surface area contributed by atoms with E-state index in [4.69, 9.17) is 4.74 Å². The average molecular weight is 583 g/mol. The molecule has 1 aliphatic carbocycles. The number of hydrogen-bond acceptors (Lipinski definition) is 8. The Kier molecular flexibility index (Phi) is 10.7. The van der Waals surface area contributed by atoms with Gasteiger partial charge >= 0.3 is 0 Å². The van der Waals surface area contributed by atoms with E-state index in [0.717, 1.165) is 59.0 Å². The van der Waals surface area contributed by atoms with Crippen molar-refractivity contribution in [1.82, 2.24) is 14.6 Å². The molecule has 0 amide bonds. The number of sulfonamides is 1. The number of aromatic nitrogens is 1. The van der Waals surface area contributed by atoms with Crippen LogP contribution in [0, 0.1) is 11.3 Å². The lowest BCUT2D eigenvalue weighted by Crippen LogP contribution is -2.42. The van der Waals surface area contributed by atoms with Gasteiger partial charge in [0.15, 0.2) is 0 Å². The minimum absolute atomic E-state index is 0.00823. The largest absolute Gasteiger partial charge is 0.491 e. The number of carbonyl (C=O) groups excluding carboxylic acids is 1. The highest BCUT2D eigenvalue weighted by Gasteiger charge is 2.22. The molecule has 1 N–H and O–H groups in total. The fourth-order valence-corrected chi connectivity index (χ4v) is 7.30. The van der Waals surface area contributed by atoms with Crippen LogP contribution in [0.2, 0.25) is 0 Å². The molecule has 1 saturated heterocycles. The molecule has 1 aromatic heterocycles. The molecule has 1 unspecified atom stereocenters. The minimum Gasteiger partial charge on any atom is -0.491 e. The van der Waals surface area contributed by atoms with Crippen molar-refractivity contribution in [3.63, 3.8) is 0 Å². The molecular formula is C30H38N4O4S2. The number of allylic oxidation sites excluding steroid dienone is 3. The topological polar surface area (TPSA) is 112 Å². The maximum absolute atomic E-state index is 12.8. The predicted octanol–water partition coefficient (Wildman–Crippen LogP) is 5.13. The van der Waals surface area contributed by atoms with Crippen LogP contribution in [0.5, 0.6) is 5.75 Å². The van der Waals surface area contributed by atoms with Gasteiger partial charge in [-0.3, -0.25) is 9.69 Å². The Hall–Kier alpha value is -2.84. The van der Waals surface area contributed by atoms with Crippen LogP contribution < -0.4 is 9.46 Å². The van der Waals surface area contributed by atoms with Crippen LogP contribution in [0.15, 0.2) is 42.6 Å². The van der Waals surface area contributed by atoms with Gasteiger partial charge in [-0.25, -0.2) is 18.1 Å². The standard InChI is InChI=1S/C30H38N4O4S2/c1-22(2)38-28-13-12-25(19-24(28)14-15-31)30-32-20-29(39-30)23-7-3-4-9-26(10-5-8-23)33-40(36,37)18-17-34-16-6-11-27(35)21-34/h3-4,7,12-13,19-20,22,26,33H,5-6,8-11,14,16-18,21H2,1-2H3/b4-3-,23-7+. The molecule has 1 fully saturated rings. The quantitative estimate of drug-likeness (QED) is 0.413. The summed E-state index contributed by atoms with van der Waals surface area (Å²) >= 11 is 1.62. The van der Waals surface area contributed by atoms with Crippen LogP contribution in [-0.4, -0.2) is 61.6 Å². The van der Waals surface area contributed by atoms with Crippen molar-refractivity contribution in [2.45, 2.75) is 70.9 Å². The number of hydrogen-bond donors (Lipinski definition) is 1. The summed E-state index contributed by atoms with van der Waals surface area (Å²) in [6.45, 7) is 5.45. The third-order valence-corrected chi connectivity index (χ3v) is 9.50. The van der Waals surface area contributed by atoms with Gasteiger partial charge in [0.1, 0.15) is 16.5 Å². The highest BCUT2D eigenvalue weighted by Crippen LogP contribution is 2.34. The monoisotopic (exact) mass is 582 g/mol. The van der Waals surface area contributed by atoms with Crippen LogP contribution in [0.4, 0.5) is 0 Å². The summed E-state index contributed by atoms with van der Waals surface area (Å²) in [4.78, 5) is 19.4. The number of piperidine rings is 1. The molecule has 0 spiro atoms. The number of thiazole rings is 1. The Balaban J connectivity index is 1.35. The molecule has 1 aromatic carbocycles. The summed E-state index contributed by atoms with van der Waals surface area (Å²) in [5.74, 6) is 0.925. The van der Waals surface area contributed by atoms with E-state index in [2.05, 4.69) is 21.9 Å². The van der Waals surface area contributed by atoms with E-state index in [1.165, 1.54) is 5.57 Å². The molecule has 40 heavy (non-hydrogen) atoms. The Bertz CT molecular complexity index is 1390. The number of ketones is 1. The Morgan fingerprint density at radius 2 is 2.12 bits per heavy atom. The molecule has 2 aromatic rings. The molecule has 0 bridgehead atoms. The fraction of sp³-hybridized carbons (Fsp3) is 0.500. The molecule has 1 aliphatic heterocycles.